The summed E-state index contributed by atoms with van der Waals surface area (Å²) < 4.78 is 6.38. The van der Waals surface area contributed by atoms with E-state index in [1.54, 1.807) is 11.3 Å². The summed E-state index contributed by atoms with van der Waals surface area (Å²) in [5.41, 5.74) is 0. The average molecular weight is 344 g/mol. The van der Waals surface area contributed by atoms with Crippen molar-refractivity contribution in [1.82, 2.24) is 15.5 Å². The first-order valence-electron chi connectivity index (χ1n) is 6.32. The van der Waals surface area contributed by atoms with Crippen LogP contribution in [0.4, 0.5) is 0 Å². The summed E-state index contributed by atoms with van der Waals surface area (Å²) in [6.07, 6.45) is 1.87. The van der Waals surface area contributed by atoms with Crippen LogP contribution in [-0.4, -0.2) is 23.2 Å². The van der Waals surface area contributed by atoms with Crippen LogP contribution in [0.3, 0.4) is 0 Å². The minimum atomic E-state index is 0.378. The van der Waals surface area contributed by atoms with Crippen molar-refractivity contribution in [3.05, 3.63) is 21.8 Å². The Balaban J connectivity index is 2.04. The van der Waals surface area contributed by atoms with Gasteiger partial charge in [-0.3, -0.25) is 0 Å². The van der Waals surface area contributed by atoms with Crippen LogP contribution in [0.5, 0.6) is 0 Å². The summed E-state index contributed by atoms with van der Waals surface area (Å²) in [4.78, 5) is 5.48. The molecule has 1 N–H and O–H groups in total. The van der Waals surface area contributed by atoms with Gasteiger partial charge in [0.25, 0.3) is 0 Å². The lowest BCUT2D eigenvalue weighted by atomic mass is 10.0. The van der Waals surface area contributed by atoms with Gasteiger partial charge in [0, 0.05) is 22.3 Å². The van der Waals surface area contributed by atoms with E-state index >= 15 is 0 Å². The Morgan fingerprint density at radius 2 is 2.26 bits per heavy atom. The predicted molar refractivity (Wildman–Crippen MR) is 81.3 cm³/mol. The highest BCUT2D eigenvalue weighted by molar-refractivity contribution is 9.10. The molecule has 19 heavy (non-hydrogen) atoms. The third-order valence-electron chi connectivity index (χ3n) is 2.84. The molecule has 0 radical (unpaired) electrons. The van der Waals surface area contributed by atoms with Gasteiger partial charge >= 0.3 is 0 Å². The summed E-state index contributed by atoms with van der Waals surface area (Å²) in [7, 11) is 1.97. The molecule has 2 rings (SSSR count). The number of rotatable bonds is 6. The zero-order chi connectivity index (χ0) is 13.8. The Labute approximate surface area is 125 Å². The van der Waals surface area contributed by atoms with Crippen molar-refractivity contribution in [1.29, 1.82) is 0 Å². The van der Waals surface area contributed by atoms with E-state index < -0.39 is 0 Å². The Bertz CT molecular complexity index is 523. The maximum absolute atomic E-state index is 5.33. The molecule has 0 aliphatic carbocycles. The lowest BCUT2D eigenvalue weighted by molar-refractivity contribution is 0.345. The molecule has 0 aromatic carbocycles. The molecule has 0 spiro atoms. The van der Waals surface area contributed by atoms with E-state index in [-0.39, 0.29) is 0 Å². The van der Waals surface area contributed by atoms with Gasteiger partial charge < -0.3 is 9.84 Å². The molecular weight excluding hydrogens is 326 g/mol. The van der Waals surface area contributed by atoms with E-state index in [2.05, 4.69) is 45.2 Å². The highest BCUT2D eigenvalue weighted by Crippen LogP contribution is 2.27. The Hall–Kier alpha value is -0.720. The minimum Gasteiger partial charge on any atom is -0.339 e. The van der Waals surface area contributed by atoms with Crippen LogP contribution in [0.1, 0.15) is 26.2 Å². The third-order valence-corrected chi connectivity index (χ3v) is 4.53. The van der Waals surface area contributed by atoms with Crippen molar-refractivity contribution in [3.63, 3.8) is 0 Å². The molecule has 1 atom stereocenters. The van der Waals surface area contributed by atoms with Crippen LogP contribution in [0.15, 0.2) is 20.4 Å². The topological polar surface area (TPSA) is 51.0 Å². The number of halogens is 1. The summed E-state index contributed by atoms with van der Waals surface area (Å²) in [5, 5.41) is 9.36. The van der Waals surface area contributed by atoms with Gasteiger partial charge in [-0.05, 0) is 41.4 Å². The first kappa shape index (κ1) is 14.7. The lowest BCUT2D eigenvalue weighted by Crippen LogP contribution is -2.29. The molecule has 6 heteroatoms. The number of nitrogens with one attached hydrogen (secondary N) is 1. The molecule has 0 aliphatic heterocycles. The van der Waals surface area contributed by atoms with Crippen molar-refractivity contribution in [2.45, 2.75) is 32.7 Å². The van der Waals surface area contributed by atoms with Crippen LogP contribution >= 0.6 is 27.3 Å². The number of hydrogen-bond acceptors (Lipinski definition) is 5. The average Bonchev–Trinajstić information content (AvgIpc) is 2.96. The van der Waals surface area contributed by atoms with Gasteiger partial charge in [0.1, 0.15) is 0 Å². The Morgan fingerprint density at radius 3 is 2.84 bits per heavy atom. The molecule has 2 aromatic heterocycles. The van der Waals surface area contributed by atoms with Crippen molar-refractivity contribution >= 4 is 27.3 Å². The van der Waals surface area contributed by atoms with E-state index in [0.717, 1.165) is 22.2 Å². The van der Waals surface area contributed by atoms with E-state index in [9.17, 15) is 0 Å². The molecule has 2 aromatic rings. The van der Waals surface area contributed by atoms with Crippen LogP contribution in [0, 0.1) is 5.92 Å². The standard InChI is InChI=1S/C13H18BrN3OS/c1-8(2)4-10(15-3)6-12-16-13(17-18-12)11-5-9(14)7-19-11/h5,7-8,10,15H,4,6H2,1-3H3. The summed E-state index contributed by atoms with van der Waals surface area (Å²) in [6.45, 7) is 4.43. The largest absolute Gasteiger partial charge is 0.339 e. The molecule has 4 nitrogen and oxygen atoms in total. The SMILES string of the molecule is CNC(Cc1nc(-c2cc(Br)cs2)no1)CC(C)C. The fourth-order valence-electron chi connectivity index (χ4n) is 1.95. The smallest absolute Gasteiger partial charge is 0.228 e. The fraction of sp³-hybridized carbons (Fsp3) is 0.538. The maximum Gasteiger partial charge on any atom is 0.228 e. The second-order valence-electron chi connectivity index (χ2n) is 4.96. The number of likely N-dealkylation sites (N-methyl/N-ethyl adjacent to an activating group) is 1. The second kappa shape index (κ2) is 6.63. The van der Waals surface area contributed by atoms with E-state index in [1.807, 2.05) is 18.5 Å². The van der Waals surface area contributed by atoms with E-state index in [0.29, 0.717) is 23.7 Å². The molecule has 0 amide bonds. The Morgan fingerprint density at radius 1 is 1.47 bits per heavy atom. The highest BCUT2D eigenvalue weighted by Gasteiger charge is 2.16. The molecule has 0 saturated heterocycles. The van der Waals surface area contributed by atoms with Crippen molar-refractivity contribution < 1.29 is 4.52 Å². The first-order valence-corrected chi connectivity index (χ1v) is 8.00. The van der Waals surface area contributed by atoms with Gasteiger partial charge in [0.2, 0.25) is 11.7 Å². The van der Waals surface area contributed by atoms with E-state index in [4.69, 9.17) is 4.52 Å². The lowest BCUT2D eigenvalue weighted by Gasteiger charge is -2.15. The number of nitrogens with zero attached hydrogens (tertiary/aromatic N) is 2. The molecule has 1 unspecified atom stereocenters. The predicted octanol–water partition coefficient (Wildman–Crippen LogP) is 3.74. The zero-order valence-electron chi connectivity index (χ0n) is 11.3. The highest BCUT2D eigenvalue weighted by atomic mass is 79.9. The Kier molecular flexibility index (Phi) is 5.13. The van der Waals surface area contributed by atoms with Crippen LogP contribution in [0.2, 0.25) is 0 Å². The van der Waals surface area contributed by atoms with Crippen LogP contribution < -0.4 is 5.32 Å². The number of aromatic nitrogens is 2. The minimum absolute atomic E-state index is 0.378. The van der Waals surface area contributed by atoms with Gasteiger partial charge in [0.05, 0.1) is 4.88 Å². The first-order chi connectivity index (χ1) is 9.08. The number of hydrogen-bond donors (Lipinski definition) is 1. The van der Waals surface area contributed by atoms with Crippen molar-refractivity contribution in [2.75, 3.05) is 7.05 Å². The summed E-state index contributed by atoms with van der Waals surface area (Å²) >= 11 is 5.03. The quantitative estimate of drug-likeness (QED) is 0.867. The maximum atomic E-state index is 5.33. The zero-order valence-corrected chi connectivity index (χ0v) is 13.7. The summed E-state index contributed by atoms with van der Waals surface area (Å²) in [5.74, 6) is 2.01. The fourth-order valence-corrected chi connectivity index (χ4v) is 3.30. The van der Waals surface area contributed by atoms with Gasteiger partial charge in [-0.2, -0.15) is 4.98 Å². The third kappa shape index (κ3) is 4.12. The number of thiophene rings is 1. The normalized spacial score (nSPS) is 13.1. The van der Waals surface area contributed by atoms with Crippen molar-refractivity contribution in [3.8, 4) is 10.7 Å². The van der Waals surface area contributed by atoms with Gasteiger partial charge in [-0.15, -0.1) is 11.3 Å². The summed E-state index contributed by atoms with van der Waals surface area (Å²) in [6, 6.07) is 2.38. The van der Waals surface area contributed by atoms with Crippen LogP contribution in [0.25, 0.3) is 10.7 Å². The van der Waals surface area contributed by atoms with Gasteiger partial charge in [-0.1, -0.05) is 19.0 Å². The van der Waals surface area contributed by atoms with Crippen molar-refractivity contribution in [2.24, 2.45) is 5.92 Å². The van der Waals surface area contributed by atoms with Gasteiger partial charge in [0.15, 0.2) is 0 Å². The molecule has 0 bridgehead atoms. The van der Waals surface area contributed by atoms with Gasteiger partial charge in [-0.25, -0.2) is 0 Å². The molecular formula is C13H18BrN3OS. The van der Waals surface area contributed by atoms with Crippen LogP contribution in [-0.2, 0) is 6.42 Å². The molecule has 104 valence electrons. The molecule has 0 aliphatic rings. The monoisotopic (exact) mass is 343 g/mol. The second-order valence-corrected chi connectivity index (χ2v) is 6.79. The molecule has 0 saturated carbocycles. The molecule has 0 fully saturated rings. The molecule has 2 heterocycles. The van der Waals surface area contributed by atoms with E-state index in [1.165, 1.54) is 0 Å².